The lowest BCUT2D eigenvalue weighted by Crippen LogP contribution is -2.23. The topological polar surface area (TPSA) is 60.7 Å². The van der Waals surface area contributed by atoms with Gasteiger partial charge in [-0.05, 0) is 56.0 Å². The fourth-order valence-corrected chi connectivity index (χ4v) is 4.21. The molecular formula is C23H26N2O3S. The van der Waals surface area contributed by atoms with E-state index in [0.717, 1.165) is 21.3 Å². The average Bonchev–Trinajstić information content (AvgIpc) is 3.00. The van der Waals surface area contributed by atoms with Gasteiger partial charge >= 0.3 is 5.97 Å². The second kappa shape index (κ2) is 8.74. The molecule has 1 aromatic heterocycles. The third kappa shape index (κ3) is 4.65. The molecule has 0 fully saturated rings. The molecule has 0 N–H and O–H groups in total. The Labute approximate surface area is 174 Å². The summed E-state index contributed by atoms with van der Waals surface area (Å²) in [6.45, 7) is 10.2. The zero-order chi connectivity index (χ0) is 21.1. The molecule has 5 nitrogen and oxygen atoms in total. The summed E-state index contributed by atoms with van der Waals surface area (Å²) in [5, 5.41) is 0. The second-order valence-corrected chi connectivity index (χ2v) is 8.40. The molecular weight excluding hydrogens is 384 g/mol. The van der Waals surface area contributed by atoms with Crippen molar-refractivity contribution in [1.29, 1.82) is 0 Å². The highest BCUT2D eigenvalue weighted by molar-refractivity contribution is 7.16. The lowest BCUT2D eigenvalue weighted by Gasteiger charge is -2.07. The number of rotatable bonds is 5. The first-order valence-electron chi connectivity index (χ1n) is 9.75. The van der Waals surface area contributed by atoms with Crippen LogP contribution in [0, 0.1) is 13.8 Å². The minimum atomic E-state index is -0.347. The summed E-state index contributed by atoms with van der Waals surface area (Å²) in [7, 11) is 0. The third-order valence-corrected chi connectivity index (χ3v) is 5.83. The molecule has 6 heteroatoms. The van der Waals surface area contributed by atoms with Crippen molar-refractivity contribution in [3.05, 3.63) is 63.5 Å². The molecule has 0 atom stereocenters. The quantitative estimate of drug-likeness (QED) is 0.571. The Kier molecular flexibility index (Phi) is 6.33. The SMILES string of the molecule is CCOC(=O)Cn1c(=NC(=O)c2cc(C)ccc2C)sc2cc(C(C)C)ccc21. The molecule has 0 saturated carbocycles. The van der Waals surface area contributed by atoms with Gasteiger partial charge in [0.15, 0.2) is 4.80 Å². The van der Waals surface area contributed by atoms with E-state index in [1.165, 1.54) is 16.9 Å². The number of carbonyl (C=O) groups excluding carboxylic acids is 2. The molecule has 2 aromatic carbocycles. The van der Waals surface area contributed by atoms with E-state index in [2.05, 4.69) is 31.0 Å². The summed E-state index contributed by atoms with van der Waals surface area (Å²) in [6.07, 6.45) is 0. The molecule has 3 aromatic rings. The molecule has 1 amide bonds. The number of ether oxygens (including phenoxy) is 1. The molecule has 0 radical (unpaired) electrons. The van der Waals surface area contributed by atoms with Crippen molar-refractivity contribution in [1.82, 2.24) is 4.57 Å². The van der Waals surface area contributed by atoms with E-state index in [1.54, 1.807) is 11.5 Å². The van der Waals surface area contributed by atoms with Crippen LogP contribution in [0.3, 0.4) is 0 Å². The van der Waals surface area contributed by atoms with E-state index in [0.29, 0.717) is 22.9 Å². The highest BCUT2D eigenvalue weighted by atomic mass is 32.1. The maximum Gasteiger partial charge on any atom is 0.326 e. The lowest BCUT2D eigenvalue weighted by atomic mass is 10.0. The Bertz CT molecular complexity index is 1140. The molecule has 0 spiro atoms. The number of nitrogens with zero attached hydrogens (tertiary/aromatic N) is 2. The molecule has 152 valence electrons. The van der Waals surface area contributed by atoms with Gasteiger partial charge in [0, 0.05) is 5.56 Å². The van der Waals surface area contributed by atoms with Crippen LogP contribution >= 0.6 is 11.3 Å². The van der Waals surface area contributed by atoms with Crippen molar-refractivity contribution in [2.45, 2.75) is 47.1 Å². The smallest absolute Gasteiger partial charge is 0.326 e. The Morgan fingerprint density at radius 3 is 2.59 bits per heavy atom. The number of fused-ring (bicyclic) bond motifs is 1. The molecule has 3 rings (SSSR count). The zero-order valence-corrected chi connectivity index (χ0v) is 18.3. The van der Waals surface area contributed by atoms with E-state index in [1.807, 2.05) is 38.1 Å². The first-order chi connectivity index (χ1) is 13.8. The van der Waals surface area contributed by atoms with Crippen LogP contribution < -0.4 is 4.80 Å². The van der Waals surface area contributed by atoms with Crippen molar-refractivity contribution in [3.8, 4) is 0 Å². The van der Waals surface area contributed by atoms with Crippen LogP contribution in [0.1, 0.15) is 53.7 Å². The maximum atomic E-state index is 12.9. The monoisotopic (exact) mass is 410 g/mol. The second-order valence-electron chi connectivity index (χ2n) is 7.39. The minimum absolute atomic E-state index is 0.0216. The first kappa shape index (κ1) is 21.0. The highest BCUT2D eigenvalue weighted by Gasteiger charge is 2.15. The summed E-state index contributed by atoms with van der Waals surface area (Å²) in [6, 6.07) is 11.9. The van der Waals surface area contributed by atoms with E-state index < -0.39 is 0 Å². The van der Waals surface area contributed by atoms with Crippen molar-refractivity contribution in [2.24, 2.45) is 4.99 Å². The van der Waals surface area contributed by atoms with E-state index in [-0.39, 0.29) is 18.4 Å². The molecule has 0 aliphatic rings. The average molecular weight is 411 g/mol. The number of aromatic nitrogens is 1. The van der Waals surface area contributed by atoms with Crippen LogP contribution in [-0.2, 0) is 16.1 Å². The molecule has 0 aliphatic carbocycles. The van der Waals surface area contributed by atoms with Gasteiger partial charge in [0.1, 0.15) is 6.54 Å². The first-order valence-corrected chi connectivity index (χ1v) is 10.6. The Hall–Kier alpha value is -2.73. The minimum Gasteiger partial charge on any atom is -0.465 e. The highest BCUT2D eigenvalue weighted by Crippen LogP contribution is 2.24. The zero-order valence-electron chi connectivity index (χ0n) is 17.5. The van der Waals surface area contributed by atoms with Gasteiger partial charge in [-0.2, -0.15) is 4.99 Å². The predicted octanol–water partition coefficient (Wildman–Crippen LogP) is 4.75. The molecule has 0 aliphatic heterocycles. The van der Waals surface area contributed by atoms with Crippen LogP contribution in [-0.4, -0.2) is 23.1 Å². The van der Waals surface area contributed by atoms with Crippen molar-refractivity contribution < 1.29 is 14.3 Å². The summed E-state index contributed by atoms with van der Waals surface area (Å²) in [4.78, 5) is 30.0. The third-order valence-electron chi connectivity index (χ3n) is 4.79. The summed E-state index contributed by atoms with van der Waals surface area (Å²) in [5.41, 5.74) is 4.54. The largest absolute Gasteiger partial charge is 0.465 e. The van der Waals surface area contributed by atoms with Crippen molar-refractivity contribution in [3.63, 3.8) is 0 Å². The predicted molar refractivity (Wildman–Crippen MR) is 116 cm³/mol. The standard InChI is InChI=1S/C23H26N2O3S/c1-6-28-21(26)13-25-19-10-9-17(14(2)3)12-20(19)29-23(25)24-22(27)18-11-15(4)7-8-16(18)5/h7-12,14H,6,13H2,1-5H3. The van der Waals surface area contributed by atoms with Crippen molar-refractivity contribution >= 4 is 33.4 Å². The van der Waals surface area contributed by atoms with E-state index >= 15 is 0 Å². The van der Waals surface area contributed by atoms with E-state index in [4.69, 9.17) is 4.74 Å². The number of thiazole rings is 1. The molecule has 1 heterocycles. The Morgan fingerprint density at radius 1 is 1.14 bits per heavy atom. The number of esters is 1. The van der Waals surface area contributed by atoms with Crippen molar-refractivity contribution in [2.75, 3.05) is 6.61 Å². The van der Waals surface area contributed by atoms with Gasteiger partial charge in [-0.3, -0.25) is 9.59 Å². The summed E-state index contributed by atoms with van der Waals surface area (Å²) >= 11 is 1.42. The van der Waals surface area contributed by atoms with Crippen LogP contribution in [0.25, 0.3) is 10.2 Å². The van der Waals surface area contributed by atoms with Gasteiger partial charge < -0.3 is 9.30 Å². The molecule has 0 bridgehead atoms. The van der Waals surface area contributed by atoms with Gasteiger partial charge in [-0.25, -0.2) is 0 Å². The Balaban J connectivity index is 2.15. The van der Waals surface area contributed by atoms with Crippen LogP contribution in [0.2, 0.25) is 0 Å². The normalized spacial score (nSPS) is 12.0. The van der Waals surface area contributed by atoms with Crippen LogP contribution in [0.4, 0.5) is 0 Å². The summed E-state index contributed by atoms with van der Waals surface area (Å²) < 4.78 is 7.89. The van der Waals surface area contributed by atoms with Gasteiger partial charge in [-0.15, -0.1) is 0 Å². The number of hydrogen-bond donors (Lipinski definition) is 0. The molecule has 0 unspecified atom stereocenters. The lowest BCUT2D eigenvalue weighted by molar-refractivity contribution is -0.143. The Morgan fingerprint density at radius 2 is 1.90 bits per heavy atom. The maximum absolute atomic E-state index is 12.9. The van der Waals surface area contributed by atoms with Crippen LogP contribution in [0.5, 0.6) is 0 Å². The van der Waals surface area contributed by atoms with Gasteiger partial charge in [0.2, 0.25) is 0 Å². The molecule has 29 heavy (non-hydrogen) atoms. The number of aryl methyl sites for hydroxylation is 2. The number of amides is 1. The number of hydrogen-bond acceptors (Lipinski definition) is 4. The fraction of sp³-hybridized carbons (Fsp3) is 0.348. The van der Waals surface area contributed by atoms with Gasteiger partial charge in [0.25, 0.3) is 5.91 Å². The number of carbonyl (C=O) groups is 2. The molecule has 0 saturated heterocycles. The van der Waals surface area contributed by atoms with Gasteiger partial charge in [0.05, 0.1) is 16.8 Å². The summed E-state index contributed by atoms with van der Waals surface area (Å²) in [5.74, 6) is -0.266. The number of benzene rings is 2. The van der Waals surface area contributed by atoms with Crippen LogP contribution in [0.15, 0.2) is 41.4 Å². The van der Waals surface area contributed by atoms with E-state index in [9.17, 15) is 9.59 Å². The fourth-order valence-electron chi connectivity index (χ4n) is 3.14. The van der Waals surface area contributed by atoms with Gasteiger partial charge in [-0.1, -0.05) is 48.9 Å².